The van der Waals surface area contributed by atoms with Crippen LogP contribution in [0.15, 0.2) is 22.7 Å². The number of amides is 2. The van der Waals surface area contributed by atoms with Crippen molar-refractivity contribution in [3.8, 4) is 0 Å². The first kappa shape index (κ1) is 15.0. The number of carbonyl (C=O) groups excluding carboxylic acids is 2. The minimum Gasteiger partial charge on any atom is -0.370 e. The van der Waals surface area contributed by atoms with E-state index in [4.69, 9.17) is 5.73 Å². The molecule has 2 amide bonds. The van der Waals surface area contributed by atoms with Gasteiger partial charge in [0.25, 0.3) is 5.91 Å². The molecule has 2 rings (SSSR count). The van der Waals surface area contributed by atoms with Gasteiger partial charge in [-0.3, -0.25) is 9.59 Å². The highest BCUT2D eigenvalue weighted by Gasteiger charge is 2.25. The standard InChI is InChI=1S/C14H16BrFN2O2/c15-12-8-10(16)1-2-11(12)14(20)18-5-3-9(4-6-18)7-13(17)19/h1-2,8-9H,3-7H2,(H2,17,19). The smallest absolute Gasteiger partial charge is 0.255 e. The summed E-state index contributed by atoms with van der Waals surface area (Å²) in [5.41, 5.74) is 5.64. The van der Waals surface area contributed by atoms with Crippen LogP contribution in [-0.4, -0.2) is 29.8 Å². The molecule has 1 saturated heterocycles. The Kier molecular flexibility index (Phi) is 4.75. The van der Waals surface area contributed by atoms with Gasteiger partial charge >= 0.3 is 0 Å². The second-order valence-corrected chi connectivity index (χ2v) is 5.88. The summed E-state index contributed by atoms with van der Waals surface area (Å²) in [6.45, 7) is 1.20. The van der Waals surface area contributed by atoms with Crippen LogP contribution in [0.5, 0.6) is 0 Å². The number of primary amides is 1. The van der Waals surface area contributed by atoms with E-state index in [1.165, 1.54) is 18.2 Å². The number of benzene rings is 1. The lowest BCUT2D eigenvalue weighted by molar-refractivity contribution is -0.119. The first-order chi connectivity index (χ1) is 9.47. The second-order valence-electron chi connectivity index (χ2n) is 5.03. The Morgan fingerprint density at radius 2 is 2.00 bits per heavy atom. The molecule has 0 atom stereocenters. The van der Waals surface area contributed by atoms with Gasteiger partial charge in [-0.2, -0.15) is 0 Å². The largest absolute Gasteiger partial charge is 0.370 e. The average Bonchev–Trinajstić information content (AvgIpc) is 2.38. The van der Waals surface area contributed by atoms with Crippen molar-refractivity contribution < 1.29 is 14.0 Å². The lowest BCUT2D eigenvalue weighted by Crippen LogP contribution is -2.39. The van der Waals surface area contributed by atoms with E-state index in [-0.39, 0.29) is 23.5 Å². The zero-order chi connectivity index (χ0) is 14.7. The molecule has 1 aliphatic heterocycles. The fourth-order valence-corrected chi connectivity index (χ4v) is 2.98. The van der Waals surface area contributed by atoms with Gasteiger partial charge in [0.15, 0.2) is 0 Å². The molecule has 1 aromatic rings. The first-order valence-corrected chi connectivity index (χ1v) is 7.29. The number of nitrogens with two attached hydrogens (primary N) is 1. The van der Waals surface area contributed by atoms with Gasteiger partial charge in [-0.25, -0.2) is 4.39 Å². The summed E-state index contributed by atoms with van der Waals surface area (Å²) >= 11 is 3.21. The van der Waals surface area contributed by atoms with Gasteiger partial charge in [0.1, 0.15) is 5.82 Å². The number of likely N-dealkylation sites (tertiary alicyclic amines) is 1. The van der Waals surface area contributed by atoms with Gasteiger partial charge < -0.3 is 10.6 Å². The lowest BCUT2D eigenvalue weighted by atomic mass is 9.93. The van der Waals surface area contributed by atoms with Crippen LogP contribution in [0, 0.1) is 11.7 Å². The second kappa shape index (κ2) is 6.35. The molecule has 0 aliphatic carbocycles. The Labute approximate surface area is 125 Å². The van der Waals surface area contributed by atoms with Crippen LogP contribution < -0.4 is 5.73 Å². The predicted molar refractivity (Wildman–Crippen MR) is 76.5 cm³/mol. The maximum absolute atomic E-state index is 13.0. The summed E-state index contributed by atoms with van der Waals surface area (Å²) in [6, 6.07) is 4.04. The molecule has 1 aliphatic rings. The minimum atomic E-state index is -0.381. The third-order valence-electron chi connectivity index (χ3n) is 3.55. The molecule has 0 radical (unpaired) electrons. The summed E-state index contributed by atoms with van der Waals surface area (Å²) in [5, 5.41) is 0. The van der Waals surface area contributed by atoms with Crippen molar-refractivity contribution in [1.82, 2.24) is 4.90 Å². The van der Waals surface area contributed by atoms with Crippen molar-refractivity contribution in [3.05, 3.63) is 34.1 Å². The van der Waals surface area contributed by atoms with E-state index in [0.29, 0.717) is 29.5 Å². The van der Waals surface area contributed by atoms with Crippen LogP contribution in [0.1, 0.15) is 29.6 Å². The molecule has 1 heterocycles. The van der Waals surface area contributed by atoms with Crippen LogP contribution >= 0.6 is 15.9 Å². The summed E-state index contributed by atoms with van der Waals surface area (Å²) in [4.78, 5) is 25.0. The minimum absolute atomic E-state index is 0.116. The van der Waals surface area contributed by atoms with E-state index in [1.54, 1.807) is 4.90 Å². The summed E-state index contributed by atoms with van der Waals surface area (Å²) in [6.07, 6.45) is 1.92. The van der Waals surface area contributed by atoms with Crippen LogP contribution in [0.25, 0.3) is 0 Å². The number of halogens is 2. The maximum Gasteiger partial charge on any atom is 0.255 e. The van der Waals surface area contributed by atoms with Gasteiger partial charge in [0, 0.05) is 24.0 Å². The van der Waals surface area contributed by atoms with E-state index in [1.807, 2.05) is 0 Å². The molecule has 6 heteroatoms. The Balaban J connectivity index is 1.99. The molecule has 0 saturated carbocycles. The summed E-state index contributed by atoms with van der Waals surface area (Å²) in [5.74, 6) is -0.535. The van der Waals surface area contributed by atoms with E-state index >= 15 is 0 Å². The van der Waals surface area contributed by atoms with Gasteiger partial charge in [-0.1, -0.05) is 0 Å². The van der Waals surface area contributed by atoms with Gasteiger partial charge in [0.05, 0.1) is 5.56 Å². The maximum atomic E-state index is 13.0. The Bertz CT molecular complexity index is 528. The van der Waals surface area contributed by atoms with Crippen LogP contribution in [0.2, 0.25) is 0 Å². The molecule has 0 aromatic heterocycles. The fraction of sp³-hybridized carbons (Fsp3) is 0.429. The van der Waals surface area contributed by atoms with Crippen LogP contribution in [-0.2, 0) is 4.79 Å². The fourth-order valence-electron chi connectivity index (χ4n) is 2.46. The van der Waals surface area contributed by atoms with Crippen molar-refractivity contribution in [2.45, 2.75) is 19.3 Å². The topological polar surface area (TPSA) is 63.4 Å². The average molecular weight is 343 g/mol. The highest BCUT2D eigenvalue weighted by molar-refractivity contribution is 9.10. The summed E-state index contributed by atoms with van der Waals surface area (Å²) < 4.78 is 13.5. The van der Waals surface area contributed by atoms with Crippen molar-refractivity contribution in [1.29, 1.82) is 0 Å². The number of rotatable bonds is 3. The molecule has 1 fully saturated rings. The third kappa shape index (κ3) is 3.56. The lowest BCUT2D eigenvalue weighted by Gasteiger charge is -2.31. The van der Waals surface area contributed by atoms with E-state index in [2.05, 4.69) is 15.9 Å². The van der Waals surface area contributed by atoms with Crippen molar-refractivity contribution in [3.63, 3.8) is 0 Å². The van der Waals surface area contributed by atoms with Gasteiger partial charge in [0.2, 0.25) is 5.91 Å². The molecular weight excluding hydrogens is 327 g/mol. The van der Waals surface area contributed by atoms with Crippen molar-refractivity contribution in [2.24, 2.45) is 11.7 Å². The first-order valence-electron chi connectivity index (χ1n) is 6.50. The van der Waals surface area contributed by atoms with Crippen molar-refractivity contribution in [2.75, 3.05) is 13.1 Å². The summed E-state index contributed by atoms with van der Waals surface area (Å²) in [7, 11) is 0. The zero-order valence-electron chi connectivity index (χ0n) is 10.9. The molecule has 0 bridgehead atoms. The molecule has 4 nitrogen and oxygen atoms in total. The molecule has 0 spiro atoms. The zero-order valence-corrected chi connectivity index (χ0v) is 12.5. The molecule has 1 aromatic carbocycles. The van der Waals surface area contributed by atoms with Gasteiger partial charge in [-0.05, 0) is 52.9 Å². The Hall–Kier alpha value is -1.43. The molecule has 20 heavy (non-hydrogen) atoms. The van der Waals surface area contributed by atoms with Crippen molar-refractivity contribution >= 4 is 27.7 Å². The van der Waals surface area contributed by atoms with E-state index in [9.17, 15) is 14.0 Å². The highest BCUT2D eigenvalue weighted by atomic mass is 79.9. The number of nitrogens with zero attached hydrogens (tertiary/aromatic N) is 1. The number of hydrogen-bond donors (Lipinski definition) is 1. The number of piperidine rings is 1. The van der Waals surface area contributed by atoms with E-state index in [0.717, 1.165) is 12.8 Å². The Morgan fingerprint density at radius 1 is 1.35 bits per heavy atom. The number of carbonyl (C=O) groups is 2. The molecule has 2 N–H and O–H groups in total. The van der Waals surface area contributed by atoms with Crippen LogP contribution in [0.4, 0.5) is 4.39 Å². The molecule has 0 unspecified atom stereocenters. The quantitative estimate of drug-likeness (QED) is 0.916. The molecule has 108 valence electrons. The third-order valence-corrected chi connectivity index (χ3v) is 4.21. The normalized spacial score (nSPS) is 16.2. The monoisotopic (exact) mass is 342 g/mol. The van der Waals surface area contributed by atoms with E-state index < -0.39 is 0 Å². The van der Waals surface area contributed by atoms with Crippen LogP contribution in [0.3, 0.4) is 0 Å². The molecular formula is C14H16BrFN2O2. The predicted octanol–water partition coefficient (Wildman–Crippen LogP) is 2.32. The SMILES string of the molecule is NC(=O)CC1CCN(C(=O)c2ccc(F)cc2Br)CC1. The van der Waals surface area contributed by atoms with Gasteiger partial charge in [-0.15, -0.1) is 0 Å². The Morgan fingerprint density at radius 3 is 2.55 bits per heavy atom. The number of hydrogen-bond acceptors (Lipinski definition) is 2. The highest BCUT2D eigenvalue weighted by Crippen LogP contribution is 2.24.